The van der Waals surface area contributed by atoms with Crippen molar-refractivity contribution in [3.05, 3.63) is 59.9 Å². The predicted molar refractivity (Wildman–Crippen MR) is 73.4 cm³/mol. The molecule has 0 aromatic heterocycles. The molecule has 0 radical (unpaired) electrons. The second kappa shape index (κ2) is 5.65. The first-order valence-corrected chi connectivity index (χ1v) is 6.06. The molecule has 0 saturated carbocycles. The largest absolute Gasteiger partial charge is 0.342 e. The second-order valence-corrected chi connectivity index (χ2v) is 4.10. The Morgan fingerprint density at radius 1 is 1.06 bits per heavy atom. The molecule has 2 rings (SSSR count). The Morgan fingerprint density at radius 2 is 1.72 bits per heavy atom. The van der Waals surface area contributed by atoms with E-state index in [1.54, 1.807) is 12.1 Å². The minimum atomic E-state index is -0.221. The summed E-state index contributed by atoms with van der Waals surface area (Å²) < 4.78 is 13.3. The van der Waals surface area contributed by atoms with Crippen molar-refractivity contribution in [3.63, 3.8) is 0 Å². The molecular weight excluding hydrogens is 227 g/mol. The summed E-state index contributed by atoms with van der Waals surface area (Å²) in [6, 6.07) is 14.6. The first-order valence-electron chi connectivity index (χ1n) is 6.06. The third kappa shape index (κ3) is 2.68. The summed E-state index contributed by atoms with van der Waals surface area (Å²) in [5.74, 6) is -0.221. The van der Waals surface area contributed by atoms with Gasteiger partial charge >= 0.3 is 0 Å². The highest BCUT2D eigenvalue weighted by molar-refractivity contribution is 5.63. The van der Waals surface area contributed by atoms with Crippen LogP contribution < -0.4 is 10.6 Å². The number of hydrogen-bond acceptors (Lipinski definition) is 2. The summed E-state index contributed by atoms with van der Waals surface area (Å²) in [5, 5.41) is 0. The van der Waals surface area contributed by atoms with Crippen molar-refractivity contribution in [1.29, 1.82) is 0 Å². The molecule has 0 aliphatic rings. The highest BCUT2D eigenvalue weighted by Gasteiger charge is 2.08. The van der Waals surface area contributed by atoms with E-state index in [1.807, 2.05) is 37.3 Å². The van der Waals surface area contributed by atoms with Gasteiger partial charge in [-0.05, 0) is 42.8 Å². The van der Waals surface area contributed by atoms with Gasteiger partial charge in [0.15, 0.2) is 0 Å². The summed E-state index contributed by atoms with van der Waals surface area (Å²) in [6.45, 7) is 3.33. The van der Waals surface area contributed by atoms with E-state index in [0.29, 0.717) is 6.54 Å². The van der Waals surface area contributed by atoms with Gasteiger partial charge < -0.3 is 10.6 Å². The van der Waals surface area contributed by atoms with Gasteiger partial charge in [0.05, 0.1) is 0 Å². The highest BCUT2D eigenvalue weighted by atomic mass is 19.1. The molecule has 0 heterocycles. The van der Waals surface area contributed by atoms with Crippen LogP contribution in [0.15, 0.2) is 48.5 Å². The fraction of sp³-hybridized carbons (Fsp3) is 0.200. The lowest BCUT2D eigenvalue weighted by Crippen LogP contribution is -2.16. The van der Waals surface area contributed by atoms with Gasteiger partial charge in [-0.15, -0.1) is 0 Å². The normalized spacial score (nSPS) is 10.4. The molecule has 0 spiro atoms. The quantitative estimate of drug-likeness (QED) is 0.892. The van der Waals surface area contributed by atoms with Gasteiger partial charge in [-0.3, -0.25) is 0 Å². The molecule has 0 atom stereocenters. The monoisotopic (exact) mass is 244 g/mol. The average molecular weight is 244 g/mol. The van der Waals surface area contributed by atoms with Crippen molar-refractivity contribution >= 4 is 11.4 Å². The third-order valence-corrected chi connectivity index (χ3v) is 2.89. The number of nitrogens with zero attached hydrogens (tertiary/aromatic N) is 1. The SMILES string of the molecule is CCN(c1cccc(F)c1)c1cccc(CN)c1. The van der Waals surface area contributed by atoms with E-state index in [4.69, 9.17) is 5.73 Å². The maximum absolute atomic E-state index is 13.3. The van der Waals surface area contributed by atoms with Gasteiger partial charge in [-0.25, -0.2) is 4.39 Å². The molecule has 0 bridgehead atoms. The Labute approximate surface area is 107 Å². The van der Waals surface area contributed by atoms with Gasteiger partial charge in [0.25, 0.3) is 0 Å². The number of rotatable bonds is 4. The Balaban J connectivity index is 2.38. The van der Waals surface area contributed by atoms with Crippen LogP contribution in [0.1, 0.15) is 12.5 Å². The van der Waals surface area contributed by atoms with Crippen molar-refractivity contribution in [1.82, 2.24) is 0 Å². The van der Waals surface area contributed by atoms with Crippen LogP contribution in [0.5, 0.6) is 0 Å². The first kappa shape index (κ1) is 12.6. The number of anilines is 2. The standard InChI is InChI=1S/C15H17FN2/c1-2-18(15-8-4-6-13(16)10-15)14-7-3-5-12(9-14)11-17/h3-10H,2,11,17H2,1H3. The minimum absolute atomic E-state index is 0.221. The molecular formula is C15H17FN2. The van der Waals surface area contributed by atoms with Crippen LogP contribution in [0.25, 0.3) is 0 Å². The van der Waals surface area contributed by atoms with Crippen LogP contribution in [0.4, 0.5) is 15.8 Å². The van der Waals surface area contributed by atoms with Crippen molar-refractivity contribution in [2.45, 2.75) is 13.5 Å². The number of hydrogen-bond donors (Lipinski definition) is 1. The molecule has 0 amide bonds. The molecule has 3 heteroatoms. The van der Waals surface area contributed by atoms with E-state index < -0.39 is 0 Å². The molecule has 2 aromatic rings. The van der Waals surface area contributed by atoms with E-state index in [-0.39, 0.29) is 5.82 Å². The van der Waals surface area contributed by atoms with Crippen LogP contribution in [-0.2, 0) is 6.54 Å². The molecule has 18 heavy (non-hydrogen) atoms. The molecule has 0 saturated heterocycles. The van der Waals surface area contributed by atoms with Crippen LogP contribution in [0.3, 0.4) is 0 Å². The van der Waals surface area contributed by atoms with Crippen molar-refractivity contribution in [2.75, 3.05) is 11.4 Å². The van der Waals surface area contributed by atoms with E-state index in [2.05, 4.69) is 4.90 Å². The van der Waals surface area contributed by atoms with Gasteiger partial charge in [0.2, 0.25) is 0 Å². The van der Waals surface area contributed by atoms with E-state index in [9.17, 15) is 4.39 Å². The maximum atomic E-state index is 13.3. The third-order valence-electron chi connectivity index (χ3n) is 2.89. The zero-order valence-electron chi connectivity index (χ0n) is 10.4. The lowest BCUT2D eigenvalue weighted by Gasteiger charge is -2.23. The van der Waals surface area contributed by atoms with Crippen molar-refractivity contribution in [3.8, 4) is 0 Å². The summed E-state index contributed by atoms with van der Waals surface area (Å²) in [6.07, 6.45) is 0. The summed E-state index contributed by atoms with van der Waals surface area (Å²) in [7, 11) is 0. The predicted octanol–water partition coefficient (Wildman–Crippen LogP) is 3.44. The van der Waals surface area contributed by atoms with Crippen molar-refractivity contribution in [2.24, 2.45) is 5.73 Å². The van der Waals surface area contributed by atoms with E-state index >= 15 is 0 Å². The second-order valence-electron chi connectivity index (χ2n) is 4.10. The Kier molecular flexibility index (Phi) is 3.95. The van der Waals surface area contributed by atoms with Gasteiger partial charge in [0, 0.05) is 24.5 Å². The van der Waals surface area contributed by atoms with Crippen LogP contribution in [-0.4, -0.2) is 6.54 Å². The Bertz CT molecular complexity index is 525. The Morgan fingerprint density at radius 3 is 2.33 bits per heavy atom. The van der Waals surface area contributed by atoms with Crippen LogP contribution in [0.2, 0.25) is 0 Å². The topological polar surface area (TPSA) is 29.3 Å². The molecule has 0 unspecified atom stereocenters. The lowest BCUT2D eigenvalue weighted by atomic mass is 10.1. The molecule has 2 aromatic carbocycles. The van der Waals surface area contributed by atoms with Crippen molar-refractivity contribution < 1.29 is 4.39 Å². The fourth-order valence-electron chi connectivity index (χ4n) is 2.01. The zero-order chi connectivity index (χ0) is 13.0. The lowest BCUT2D eigenvalue weighted by molar-refractivity contribution is 0.627. The maximum Gasteiger partial charge on any atom is 0.125 e. The van der Waals surface area contributed by atoms with E-state index in [1.165, 1.54) is 6.07 Å². The van der Waals surface area contributed by atoms with Gasteiger partial charge in [0.1, 0.15) is 5.82 Å². The van der Waals surface area contributed by atoms with Gasteiger partial charge in [-0.2, -0.15) is 0 Å². The van der Waals surface area contributed by atoms with Gasteiger partial charge in [-0.1, -0.05) is 18.2 Å². The van der Waals surface area contributed by atoms with Crippen LogP contribution >= 0.6 is 0 Å². The van der Waals surface area contributed by atoms with Crippen LogP contribution in [0, 0.1) is 5.82 Å². The first-order chi connectivity index (χ1) is 8.74. The molecule has 0 fully saturated rings. The number of halogens is 1. The molecule has 0 aliphatic heterocycles. The molecule has 0 aliphatic carbocycles. The molecule has 2 nitrogen and oxygen atoms in total. The highest BCUT2D eigenvalue weighted by Crippen LogP contribution is 2.26. The fourth-order valence-corrected chi connectivity index (χ4v) is 2.01. The minimum Gasteiger partial charge on any atom is -0.342 e. The summed E-state index contributed by atoms with van der Waals surface area (Å²) in [5.41, 5.74) is 8.60. The average Bonchev–Trinajstić information content (AvgIpc) is 2.40. The smallest absolute Gasteiger partial charge is 0.125 e. The Hall–Kier alpha value is -1.87. The summed E-state index contributed by atoms with van der Waals surface area (Å²) >= 11 is 0. The number of nitrogens with two attached hydrogens (primary N) is 1. The number of benzene rings is 2. The molecule has 94 valence electrons. The summed E-state index contributed by atoms with van der Waals surface area (Å²) in [4.78, 5) is 2.06. The zero-order valence-corrected chi connectivity index (χ0v) is 10.4. The molecule has 2 N–H and O–H groups in total. The van der Waals surface area contributed by atoms with E-state index in [0.717, 1.165) is 23.5 Å².